The van der Waals surface area contributed by atoms with E-state index in [0.29, 0.717) is 3.97 Å². The molecule has 0 fully saturated rings. The van der Waals surface area contributed by atoms with Crippen molar-refractivity contribution >= 4 is 10.0 Å². The van der Waals surface area contributed by atoms with Crippen molar-refractivity contribution in [3.05, 3.63) is 47.3 Å². The molecule has 0 saturated carbocycles. The first kappa shape index (κ1) is 16.2. The van der Waals surface area contributed by atoms with Crippen molar-refractivity contribution in [3.8, 4) is 12.3 Å². The topological polar surface area (TPSA) is 72.2 Å². The summed E-state index contributed by atoms with van der Waals surface area (Å²) in [6.45, 7) is 3.27. The minimum Gasteiger partial charge on any atom is -0.380 e. The van der Waals surface area contributed by atoms with E-state index < -0.39 is 22.2 Å². The van der Waals surface area contributed by atoms with Crippen LogP contribution in [0, 0.1) is 32.3 Å². The Morgan fingerprint density at radius 3 is 2.50 bits per heavy atom. The van der Waals surface area contributed by atoms with Gasteiger partial charge in [-0.1, -0.05) is 23.6 Å². The first-order chi connectivity index (χ1) is 10.3. The minimum absolute atomic E-state index is 0.0310. The Morgan fingerprint density at radius 1 is 1.36 bits per heavy atom. The Hall–Kier alpha value is -2.17. The van der Waals surface area contributed by atoms with E-state index in [2.05, 4.69) is 10.9 Å². The fourth-order valence-electron chi connectivity index (χ4n) is 2.04. The molecule has 0 saturated heterocycles. The van der Waals surface area contributed by atoms with Gasteiger partial charge in [0.25, 0.3) is 10.0 Å². The third-order valence-corrected chi connectivity index (χ3v) is 4.95. The lowest BCUT2D eigenvalue weighted by molar-refractivity contribution is 0.231. The molecule has 5 nitrogen and oxygen atoms in total. The van der Waals surface area contributed by atoms with Gasteiger partial charge in [0, 0.05) is 6.42 Å². The van der Waals surface area contributed by atoms with Crippen molar-refractivity contribution in [2.75, 3.05) is 0 Å². The summed E-state index contributed by atoms with van der Waals surface area (Å²) < 4.78 is 39.8. The average molecular weight is 322 g/mol. The maximum absolute atomic E-state index is 14.0. The van der Waals surface area contributed by atoms with Gasteiger partial charge >= 0.3 is 6.08 Å². The lowest BCUT2D eigenvalue weighted by Crippen LogP contribution is -2.21. The molecule has 2 aromatic rings. The molecule has 116 valence electrons. The molecular formula is C15H15FN2O3S. The van der Waals surface area contributed by atoms with Crippen molar-refractivity contribution in [2.24, 2.45) is 0 Å². The van der Waals surface area contributed by atoms with Crippen LogP contribution in [-0.2, 0) is 16.4 Å². The molecule has 0 radical (unpaired) electrons. The van der Waals surface area contributed by atoms with Crippen LogP contribution >= 0.6 is 0 Å². The largest absolute Gasteiger partial charge is 0.380 e. The molecule has 0 spiro atoms. The predicted octanol–water partition coefficient (Wildman–Crippen LogP) is 1.41. The maximum Gasteiger partial charge on any atom is 0.303 e. The van der Waals surface area contributed by atoms with Gasteiger partial charge in [0.2, 0.25) is 0 Å². The van der Waals surface area contributed by atoms with Gasteiger partial charge in [-0.2, -0.15) is 8.36 Å². The van der Waals surface area contributed by atoms with E-state index in [-0.39, 0.29) is 22.7 Å². The van der Waals surface area contributed by atoms with Gasteiger partial charge in [0.05, 0.1) is 16.3 Å². The third-order valence-electron chi connectivity index (χ3n) is 3.23. The number of aryl methyl sites for hydroxylation is 2. The van der Waals surface area contributed by atoms with Gasteiger partial charge in [0.1, 0.15) is 6.10 Å². The van der Waals surface area contributed by atoms with E-state index in [0.717, 1.165) is 5.56 Å². The molecule has 1 aromatic carbocycles. The SMILES string of the molecule is C#CC(O)Cc1c(C)nc(F)n1S(=O)(=O)c1ccc(C)cc1. The summed E-state index contributed by atoms with van der Waals surface area (Å²) >= 11 is 0. The number of aliphatic hydroxyl groups is 1. The van der Waals surface area contributed by atoms with Gasteiger partial charge in [-0.05, 0) is 26.0 Å². The monoisotopic (exact) mass is 322 g/mol. The highest BCUT2D eigenvalue weighted by atomic mass is 32.2. The van der Waals surface area contributed by atoms with Crippen LogP contribution in [0.15, 0.2) is 29.2 Å². The summed E-state index contributed by atoms with van der Waals surface area (Å²) in [4.78, 5) is 3.48. The molecule has 1 N–H and O–H groups in total. The smallest absolute Gasteiger partial charge is 0.303 e. The molecule has 0 aliphatic rings. The highest BCUT2D eigenvalue weighted by Gasteiger charge is 2.27. The maximum atomic E-state index is 14.0. The van der Waals surface area contributed by atoms with Gasteiger partial charge in [0.15, 0.2) is 0 Å². The van der Waals surface area contributed by atoms with Crippen LogP contribution in [0.5, 0.6) is 0 Å². The molecule has 2 rings (SSSR count). The highest BCUT2D eigenvalue weighted by molar-refractivity contribution is 7.90. The molecule has 22 heavy (non-hydrogen) atoms. The van der Waals surface area contributed by atoms with Crippen molar-refractivity contribution in [1.29, 1.82) is 0 Å². The number of hydrogen-bond acceptors (Lipinski definition) is 4. The number of aromatic nitrogens is 2. The number of imidazole rings is 1. The molecule has 0 aliphatic carbocycles. The number of hydrogen-bond donors (Lipinski definition) is 1. The second-order valence-corrected chi connectivity index (χ2v) is 6.67. The summed E-state index contributed by atoms with van der Waals surface area (Å²) in [5.41, 5.74) is 1.08. The Bertz CT molecular complexity index is 833. The molecule has 1 atom stereocenters. The zero-order valence-corrected chi connectivity index (χ0v) is 12.9. The Kier molecular flexibility index (Phi) is 4.35. The molecule has 1 aromatic heterocycles. The van der Waals surface area contributed by atoms with Crippen LogP contribution < -0.4 is 0 Å². The molecule has 0 bridgehead atoms. The number of rotatable bonds is 4. The zero-order chi connectivity index (χ0) is 16.5. The van der Waals surface area contributed by atoms with Crippen LogP contribution in [0.25, 0.3) is 0 Å². The Morgan fingerprint density at radius 2 is 1.95 bits per heavy atom. The number of terminal acetylenes is 1. The van der Waals surface area contributed by atoms with Gasteiger partial charge < -0.3 is 5.11 Å². The Labute approximate surface area is 128 Å². The third kappa shape index (κ3) is 2.89. The molecule has 1 unspecified atom stereocenters. The van der Waals surface area contributed by atoms with E-state index in [1.54, 1.807) is 12.1 Å². The second-order valence-electron chi connectivity index (χ2n) is 4.88. The fraction of sp³-hybridized carbons (Fsp3) is 0.267. The highest BCUT2D eigenvalue weighted by Crippen LogP contribution is 2.21. The first-order valence-electron chi connectivity index (χ1n) is 6.47. The molecule has 1 heterocycles. The van der Waals surface area contributed by atoms with E-state index in [1.807, 2.05) is 6.92 Å². The summed E-state index contributed by atoms with van der Waals surface area (Å²) in [7, 11) is -4.15. The van der Waals surface area contributed by atoms with Crippen molar-refractivity contribution in [3.63, 3.8) is 0 Å². The van der Waals surface area contributed by atoms with Crippen LogP contribution in [0.4, 0.5) is 4.39 Å². The van der Waals surface area contributed by atoms with Crippen molar-refractivity contribution in [2.45, 2.75) is 31.3 Å². The lowest BCUT2D eigenvalue weighted by atomic mass is 10.2. The summed E-state index contributed by atoms with van der Waals surface area (Å²) in [6.07, 6.45) is 2.51. The molecule has 7 heteroatoms. The second kappa shape index (κ2) is 5.91. The first-order valence-corrected chi connectivity index (χ1v) is 7.91. The molecular weight excluding hydrogens is 307 g/mol. The number of nitrogens with zero attached hydrogens (tertiary/aromatic N) is 2. The Balaban J connectivity index is 2.61. The van der Waals surface area contributed by atoms with Crippen molar-refractivity contribution < 1.29 is 17.9 Å². The molecule has 0 aliphatic heterocycles. The van der Waals surface area contributed by atoms with Crippen LogP contribution in [0.1, 0.15) is 17.0 Å². The summed E-state index contributed by atoms with van der Waals surface area (Å²) in [5, 5.41) is 9.55. The van der Waals surface area contributed by atoms with Gasteiger partial charge in [-0.15, -0.1) is 6.42 Å². The average Bonchev–Trinajstić information content (AvgIpc) is 2.74. The normalized spacial score (nSPS) is 12.9. The van der Waals surface area contributed by atoms with Gasteiger partial charge in [-0.25, -0.2) is 13.4 Å². The summed E-state index contributed by atoms with van der Waals surface area (Å²) in [6, 6.07) is 6.01. The minimum atomic E-state index is -4.15. The van der Waals surface area contributed by atoms with E-state index in [1.165, 1.54) is 19.1 Å². The lowest BCUT2D eigenvalue weighted by Gasteiger charge is -2.11. The number of aliphatic hydroxyl groups excluding tert-OH is 1. The van der Waals surface area contributed by atoms with Crippen molar-refractivity contribution in [1.82, 2.24) is 8.96 Å². The van der Waals surface area contributed by atoms with Crippen LogP contribution in [-0.4, -0.2) is 28.6 Å². The standard InChI is InChI=1S/C15H15FN2O3S/c1-4-12(19)9-14-11(3)17-15(16)18(14)22(20,21)13-7-5-10(2)6-8-13/h1,5-8,12,19H,9H2,2-3H3. The fourth-order valence-corrected chi connectivity index (χ4v) is 3.47. The number of benzene rings is 1. The summed E-state index contributed by atoms with van der Waals surface area (Å²) in [5.74, 6) is 2.07. The van der Waals surface area contributed by atoms with Crippen LogP contribution in [0.3, 0.4) is 0 Å². The van der Waals surface area contributed by atoms with Crippen LogP contribution in [0.2, 0.25) is 0 Å². The van der Waals surface area contributed by atoms with Gasteiger partial charge in [-0.3, -0.25) is 0 Å². The quantitative estimate of drug-likeness (QED) is 0.864. The van der Waals surface area contributed by atoms with E-state index in [4.69, 9.17) is 6.42 Å². The van der Waals surface area contributed by atoms with E-state index in [9.17, 15) is 17.9 Å². The zero-order valence-electron chi connectivity index (χ0n) is 12.1. The number of halogens is 1. The molecule has 0 amide bonds. The predicted molar refractivity (Wildman–Crippen MR) is 79.2 cm³/mol. The van der Waals surface area contributed by atoms with E-state index >= 15 is 0 Å².